The van der Waals surface area contributed by atoms with E-state index in [1.807, 2.05) is 6.07 Å². The first-order chi connectivity index (χ1) is 20.9. The van der Waals surface area contributed by atoms with E-state index in [-0.39, 0.29) is 30.4 Å². The van der Waals surface area contributed by atoms with Gasteiger partial charge in [-0.1, -0.05) is 61.0 Å². The molecule has 11 nitrogen and oxygen atoms in total. The molecule has 3 aromatic rings. The number of nitrogens with one attached hydrogen (secondary N) is 3. The van der Waals surface area contributed by atoms with Gasteiger partial charge in [0.25, 0.3) is 5.91 Å². The topological polar surface area (TPSA) is 139 Å². The maximum absolute atomic E-state index is 14.4. The van der Waals surface area contributed by atoms with Crippen LogP contribution in [0.25, 0.3) is 0 Å². The van der Waals surface area contributed by atoms with Crippen molar-refractivity contribution in [3.05, 3.63) is 87.1 Å². The summed E-state index contributed by atoms with van der Waals surface area (Å²) in [5.41, 5.74) is 0.374. The average Bonchev–Trinajstić information content (AvgIpc) is 2.98. The minimum Gasteiger partial charge on any atom is -0.445 e. The zero-order valence-electron chi connectivity index (χ0n) is 24.8. The molecule has 2 atom stereocenters. The minimum absolute atomic E-state index is 0.0435. The Labute approximate surface area is 275 Å². The Bertz CT molecular complexity index is 1450. The number of hydrogen-bond donors (Lipinski definition) is 3. The summed E-state index contributed by atoms with van der Waals surface area (Å²) in [6.07, 6.45) is -0.00387. The van der Waals surface area contributed by atoms with E-state index in [9.17, 15) is 19.2 Å². The van der Waals surface area contributed by atoms with Gasteiger partial charge in [-0.3, -0.25) is 14.5 Å². The summed E-state index contributed by atoms with van der Waals surface area (Å²) in [5.74, 6) is -1.08. The maximum atomic E-state index is 14.4. The molecule has 3 rings (SSSR count). The Balaban J connectivity index is 1.94. The van der Waals surface area contributed by atoms with E-state index < -0.39 is 41.7 Å². The third-order valence-electron chi connectivity index (χ3n) is 6.00. The van der Waals surface area contributed by atoms with Gasteiger partial charge in [-0.25, -0.2) is 14.6 Å². The molecule has 1 aromatic heterocycles. The van der Waals surface area contributed by atoms with Gasteiger partial charge in [-0.15, -0.1) is 0 Å². The molecule has 4 amide bonds. The van der Waals surface area contributed by atoms with Crippen molar-refractivity contribution in [3.63, 3.8) is 0 Å². The summed E-state index contributed by atoms with van der Waals surface area (Å²) in [6, 6.07) is 16.8. The van der Waals surface area contributed by atoms with Gasteiger partial charge < -0.3 is 25.4 Å². The van der Waals surface area contributed by atoms with Crippen LogP contribution in [0.1, 0.15) is 39.7 Å². The van der Waals surface area contributed by atoms with Crippen molar-refractivity contribution < 1.29 is 28.7 Å². The number of carbonyl (C=O) groups is 4. The fraction of sp³-hybridized carbons (Fsp3) is 0.323. The van der Waals surface area contributed by atoms with Crippen LogP contribution in [0.5, 0.6) is 0 Å². The van der Waals surface area contributed by atoms with E-state index in [2.05, 4.69) is 43.5 Å². The van der Waals surface area contributed by atoms with Crippen LogP contribution in [0.3, 0.4) is 0 Å². The second kappa shape index (κ2) is 16.2. The monoisotopic (exact) mass is 735 g/mol. The third kappa shape index (κ3) is 10.4. The second-order valence-corrected chi connectivity index (χ2v) is 12.1. The highest BCUT2D eigenvalue weighted by Crippen LogP contribution is 2.27. The summed E-state index contributed by atoms with van der Waals surface area (Å²) in [7, 11) is 0. The van der Waals surface area contributed by atoms with Gasteiger partial charge in [-0.05, 0) is 79.6 Å². The van der Waals surface area contributed by atoms with Crippen LogP contribution in [0.15, 0.2) is 72.9 Å². The maximum Gasteiger partial charge on any atom is 0.408 e. The van der Waals surface area contributed by atoms with Crippen molar-refractivity contribution in [1.82, 2.24) is 15.6 Å². The molecule has 2 aromatic carbocycles. The van der Waals surface area contributed by atoms with Crippen molar-refractivity contribution in [3.8, 4) is 0 Å². The number of hydrogen-bond acceptors (Lipinski definition) is 7. The lowest BCUT2D eigenvalue weighted by Crippen LogP contribution is -2.58. The minimum atomic E-state index is -1.35. The highest BCUT2D eigenvalue weighted by atomic mass is 127. The highest BCUT2D eigenvalue weighted by Gasteiger charge is 2.37. The summed E-state index contributed by atoms with van der Waals surface area (Å²) >= 11 is 8.29. The number of benzene rings is 2. The molecular formula is C31H35ClIN5O6. The van der Waals surface area contributed by atoms with Gasteiger partial charge >= 0.3 is 12.2 Å². The SMILES string of the molecule is CCC(C(=O)Nc1ncccc1Cl)N(C(=O)[C@H](CNC(=O)OC(C)(C)C)NC(=O)OCc1ccccc1)c1ccccc1I. The van der Waals surface area contributed by atoms with Crippen LogP contribution in [-0.2, 0) is 25.7 Å². The molecule has 0 saturated carbocycles. The van der Waals surface area contributed by atoms with Crippen LogP contribution in [-0.4, -0.2) is 53.2 Å². The number of amides is 4. The lowest BCUT2D eigenvalue weighted by Gasteiger charge is -2.34. The van der Waals surface area contributed by atoms with Gasteiger partial charge in [0.05, 0.1) is 17.3 Å². The molecule has 0 spiro atoms. The standard InChI is InChI=1S/C31H35ClIN5O6/c1-5-24(27(39)37-26-21(32)14-11-17-34-26)38(25-16-10-9-15-22(25)33)28(40)23(18-35-29(41)44-31(2,3)4)36-30(42)43-19-20-12-7-6-8-13-20/h6-17,23-24H,5,18-19H2,1-4H3,(H,35,41)(H,36,42)(H,34,37,39)/t23-,24?/m0/s1. The molecule has 1 unspecified atom stereocenters. The zero-order chi connectivity index (χ0) is 32.3. The van der Waals surface area contributed by atoms with Crippen molar-refractivity contribution in [2.24, 2.45) is 0 Å². The molecule has 1 heterocycles. The number of anilines is 2. The van der Waals surface area contributed by atoms with Gasteiger partial charge in [0, 0.05) is 9.77 Å². The van der Waals surface area contributed by atoms with Crippen molar-refractivity contribution in [2.45, 2.75) is 58.4 Å². The summed E-state index contributed by atoms with van der Waals surface area (Å²) in [5, 5.41) is 8.03. The van der Waals surface area contributed by atoms with E-state index in [1.165, 1.54) is 11.1 Å². The molecule has 234 valence electrons. The number of carbonyl (C=O) groups excluding carboxylic acids is 4. The van der Waals surface area contributed by atoms with E-state index in [1.54, 1.807) is 88.4 Å². The van der Waals surface area contributed by atoms with Crippen molar-refractivity contribution in [2.75, 3.05) is 16.8 Å². The zero-order valence-corrected chi connectivity index (χ0v) is 27.7. The fourth-order valence-electron chi connectivity index (χ4n) is 4.02. The largest absolute Gasteiger partial charge is 0.445 e. The summed E-state index contributed by atoms with van der Waals surface area (Å²) in [4.78, 5) is 58.9. The Kier molecular flexibility index (Phi) is 12.8. The Morgan fingerprint density at radius 3 is 2.30 bits per heavy atom. The Morgan fingerprint density at radius 2 is 1.66 bits per heavy atom. The molecule has 0 bridgehead atoms. The number of para-hydroxylation sites is 1. The van der Waals surface area contributed by atoms with E-state index >= 15 is 0 Å². The highest BCUT2D eigenvalue weighted by molar-refractivity contribution is 14.1. The predicted molar refractivity (Wildman–Crippen MR) is 176 cm³/mol. The number of ether oxygens (including phenoxy) is 2. The van der Waals surface area contributed by atoms with Crippen LogP contribution >= 0.6 is 34.2 Å². The third-order valence-corrected chi connectivity index (χ3v) is 7.22. The number of pyridine rings is 1. The molecular weight excluding hydrogens is 701 g/mol. The number of halogens is 2. The molecule has 0 radical (unpaired) electrons. The fourth-order valence-corrected chi connectivity index (χ4v) is 4.84. The molecule has 3 N–H and O–H groups in total. The second-order valence-electron chi connectivity index (χ2n) is 10.5. The summed E-state index contributed by atoms with van der Waals surface area (Å²) in [6.45, 7) is 6.45. The predicted octanol–water partition coefficient (Wildman–Crippen LogP) is 5.91. The number of nitrogens with zero attached hydrogens (tertiary/aromatic N) is 2. The number of alkyl carbamates (subject to hydrolysis) is 2. The molecule has 13 heteroatoms. The van der Waals surface area contributed by atoms with E-state index in [4.69, 9.17) is 21.1 Å². The normalized spacial score (nSPS) is 12.3. The van der Waals surface area contributed by atoms with Gasteiger partial charge in [0.1, 0.15) is 24.3 Å². The van der Waals surface area contributed by atoms with Crippen molar-refractivity contribution >= 4 is 69.7 Å². The van der Waals surface area contributed by atoms with Gasteiger partial charge in [0.2, 0.25) is 5.91 Å². The molecule has 0 saturated heterocycles. The van der Waals surface area contributed by atoms with E-state index in [0.717, 1.165) is 5.56 Å². The van der Waals surface area contributed by atoms with E-state index in [0.29, 0.717) is 9.26 Å². The first kappa shape index (κ1) is 34.6. The molecule has 0 aliphatic heterocycles. The Hall–Kier alpha value is -3.91. The molecule has 44 heavy (non-hydrogen) atoms. The molecule has 0 fully saturated rings. The first-order valence-corrected chi connectivity index (χ1v) is 15.3. The van der Waals surface area contributed by atoms with Crippen LogP contribution in [0.2, 0.25) is 5.02 Å². The molecule has 0 aliphatic carbocycles. The molecule has 0 aliphatic rings. The summed E-state index contributed by atoms with van der Waals surface area (Å²) < 4.78 is 11.4. The smallest absolute Gasteiger partial charge is 0.408 e. The van der Waals surface area contributed by atoms with Gasteiger partial charge in [-0.2, -0.15) is 0 Å². The van der Waals surface area contributed by atoms with Crippen LogP contribution in [0, 0.1) is 3.57 Å². The van der Waals surface area contributed by atoms with Crippen LogP contribution < -0.4 is 20.9 Å². The van der Waals surface area contributed by atoms with Gasteiger partial charge in [0.15, 0.2) is 5.82 Å². The van der Waals surface area contributed by atoms with Crippen LogP contribution in [0.4, 0.5) is 21.1 Å². The first-order valence-electron chi connectivity index (χ1n) is 13.8. The lowest BCUT2D eigenvalue weighted by atomic mass is 10.1. The number of aromatic nitrogens is 1. The van der Waals surface area contributed by atoms with Crippen molar-refractivity contribution in [1.29, 1.82) is 0 Å². The number of rotatable bonds is 11. The average molecular weight is 736 g/mol. The lowest BCUT2D eigenvalue weighted by molar-refractivity contribution is -0.124. The quantitative estimate of drug-likeness (QED) is 0.208. The Morgan fingerprint density at radius 1 is 0.977 bits per heavy atom.